The van der Waals surface area contributed by atoms with Gasteiger partial charge in [-0.2, -0.15) is 0 Å². The van der Waals surface area contributed by atoms with E-state index in [2.05, 4.69) is 119 Å². The number of fused-ring (bicyclic) bond motifs is 4. The molecular formula is C35H23BrO. The van der Waals surface area contributed by atoms with E-state index < -0.39 is 5.60 Å². The Balaban J connectivity index is 1.55. The van der Waals surface area contributed by atoms with Crippen LogP contribution in [0.5, 0.6) is 0 Å². The third-order valence-corrected chi connectivity index (χ3v) is 8.05. The summed E-state index contributed by atoms with van der Waals surface area (Å²) in [6, 6.07) is 46.2. The zero-order valence-electron chi connectivity index (χ0n) is 20.0. The molecule has 2 heteroatoms. The molecule has 0 saturated carbocycles. The van der Waals surface area contributed by atoms with Crippen molar-refractivity contribution in [3.8, 4) is 33.4 Å². The van der Waals surface area contributed by atoms with Crippen LogP contribution in [0.15, 0.2) is 138 Å². The van der Waals surface area contributed by atoms with E-state index in [1.807, 2.05) is 30.3 Å². The summed E-state index contributed by atoms with van der Waals surface area (Å²) in [4.78, 5) is 0. The highest BCUT2D eigenvalue weighted by molar-refractivity contribution is 9.10. The van der Waals surface area contributed by atoms with Crippen molar-refractivity contribution in [3.63, 3.8) is 0 Å². The number of rotatable bonds is 3. The van der Waals surface area contributed by atoms with Gasteiger partial charge in [-0.3, -0.25) is 0 Å². The lowest BCUT2D eigenvalue weighted by atomic mass is 9.78. The maximum atomic E-state index is 12.8. The minimum Gasteiger partial charge on any atom is -0.376 e. The van der Waals surface area contributed by atoms with Crippen LogP contribution in [0.25, 0.3) is 44.2 Å². The van der Waals surface area contributed by atoms with Crippen LogP contribution in [-0.2, 0) is 5.60 Å². The predicted molar refractivity (Wildman–Crippen MR) is 156 cm³/mol. The Hall–Kier alpha value is -3.98. The van der Waals surface area contributed by atoms with Crippen molar-refractivity contribution < 1.29 is 5.11 Å². The largest absolute Gasteiger partial charge is 0.376 e. The Morgan fingerprint density at radius 1 is 0.486 bits per heavy atom. The van der Waals surface area contributed by atoms with Gasteiger partial charge in [-0.05, 0) is 62.4 Å². The van der Waals surface area contributed by atoms with Gasteiger partial charge in [-0.1, -0.05) is 131 Å². The van der Waals surface area contributed by atoms with Gasteiger partial charge in [0.1, 0.15) is 5.60 Å². The Labute approximate surface area is 224 Å². The monoisotopic (exact) mass is 538 g/mol. The molecule has 176 valence electrons. The maximum absolute atomic E-state index is 12.8. The summed E-state index contributed by atoms with van der Waals surface area (Å²) < 4.78 is 1.05. The van der Waals surface area contributed by atoms with Gasteiger partial charge in [0.15, 0.2) is 0 Å². The van der Waals surface area contributed by atoms with Crippen LogP contribution in [0.4, 0.5) is 0 Å². The van der Waals surface area contributed by atoms with E-state index in [1.165, 1.54) is 0 Å². The summed E-state index contributed by atoms with van der Waals surface area (Å²) in [6.07, 6.45) is 0. The molecule has 0 fully saturated rings. The molecule has 7 rings (SSSR count). The second-order valence-electron chi connectivity index (χ2n) is 9.60. The lowest BCUT2D eigenvalue weighted by Gasteiger charge is -2.30. The number of hydrogen-bond donors (Lipinski definition) is 1. The number of hydrogen-bond acceptors (Lipinski definition) is 1. The van der Waals surface area contributed by atoms with Gasteiger partial charge in [0.05, 0.1) is 0 Å². The van der Waals surface area contributed by atoms with Gasteiger partial charge in [0.2, 0.25) is 0 Å². The smallest absolute Gasteiger partial charge is 0.142 e. The molecule has 1 aliphatic carbocycles. The normalized spacial score (nSPS) is 13.4. The van der Waals surface area contributed by atoms with E-state index in [9.17, 15) is 5.11 Å². The van der Waals surface area contributed by atoms with Gasteiger partial charge >= 0.3 is 0 Å². The highest BCUT2D eigenvalue weighted by atomic mass is 79.9. The Bertz CT molecular complexity index is 1770. The Kier molecular flexibility index (Phi) is 5.14. The summed E-state index contributed by atoms with van der Waals surface area (Å²) in [5.41, 5.74) is 8.08. The molecular weight excluding hydrogens is 516 g/mol. The van der Waals surface area contributed by atoms with Crippen molar-refractivity contribution in [2.45, 2.75) is 5.60 Å². The molecule has 0 amide bonds. The maximum Gasteiger partial charge on any atom is 0.142 e. The topological polar surface area (TPSA) is 20.2 Å². The van der Waals surface area contributed by atoms with Gasteiger partial charge in [0, 0.05) is 21.2 Å². The molecule has 0 heterocycles. The summed E-state index contributed by atoms with van der Waals surface area (Å²) in [5.74, 6) is 0. The molecule has 0 saturated heterocycles. The number of aliphatic hydroxyl groups is 1. The first-order chi connectivity index (χ1) is 18.1. The fourth-order valence-electron chi connectivity index (χ4n) is 5.91. The highest BCUT2D eigenvalue weighted by Crippen LogP contribution is 2.53. The van der Waals surface area contributed by atoms with Crippen LogP contribution >= 0.6 is 15.9 Å². The second-order valence-corrected chi connectivity index (χ2v) is 10.5. The first-order valence-corrected chi connectivity index (χ1v) is 13.2. The van der Waals surface area contributed by atoms with Crippen molar-refractivity contribution in [2.24, 2.45) is 0 Å². The lowest BCUT2D eigenvalue weighted by Crippen LogP contribution is -2.27. The molecule has 1 N–H and O–H groups in total. The van der Waals surface area contributed by atoms with Crippen LogP contribution < -0.4 is 0 Å². The zero-order valence-corrected chi connectivity index (χ0v) is 21.6. The highest BCUT2D eigenvalue weighted by Gasteiger charge is 2.44. The van der Waals surface area contributed by atoms with Crippen LogP contribution in [0.1, 0.15) is 16.7 Å². The Morgan fingerprint density at radius 2 is 1.08 bits per heavy atom. The van der Waals surface area contributed by atoms with E-state index in [0.29, 0.717) is 0 Å². The molecule has 0 radical (unpaired) electrons. The first kappa shape index (κ1) is 22.2. The number of halogens is 1. The summed E-state index contributed by atoms with van der Waals surface area (Å²) in [5, 5.41) is 15.1. The van der Waals surface area contributed by atoms with Gasteiger partial charge in [-0.25, -0.2) is 0 Å². The molecule has 0 bridgehead atoms. The van der Waals surface area contributed by atoms with Crippen LogP contribution in [0, 0.1) is 0 Å². The Morgan fingerprint density at radius 3 is 1.81 bits per heavy atom. The van der Waals surface area contributed by atoms with Crippen molar-refractivity contribution in [3.05, 3.63) is 155 Å². The third-order valence-electron chi connectivity index (χ3n) is 7.55. The zero-order chi connectivity index (χ0) is 25.0. The van der Waals surface area contributed by atoms with Crippen molar-refractivity contribution in [1.82, 2.24) is 0 Å². The molecule has 0 aromatic heterocycles. The molecule has 0 spiro atoms. The van der Waals surface area contributed by atoms with Crippen LogP contribution in [-0.4, -0.2) is 5.11 Å². The van der Waals surface area contributed by atoms with Crippen molar-refractivity contribution >= 4 is 26.7 Å². The van der Waals surface area contributed by atoms with Gasteiger partial charge < -0.3 is 5.11 Å². The van der Waals surface area contributed by atoms with Gasteiger partial charge in [0.25, 0.3) is 0 Å². The average Bonchev–Trinajstić information content (AvgIpc) is 3.22. The average molecular weight is 539 g/mol. The van der Waals surface area contributed by atoms with Crippen LogP contribution in [0.2, 0.25) is 0 Å². The van der Waals surface area contributed by atoms with E-state index >= 15 is 0 Å². The fraction of sp³-hybridized carbons (Fsp3) is 0.0286. The summed E-state index contributed by atoms with van der Waals surface area (Å²) in [6.45, 7) is 0. The summed E-state index contributed by atoms with van der Waals surface area (Å²) in [7, 11) is 0. The molecule has 0 atom stereocenters. The molecule has 37 heavy (non-hydrogen) atoms. The SMILES string of the molecule is OC1(c2ccc3ccccc3c2-c2cccc(-c3cccc(Br)c3)c2)c2ccccc2-c2ccccc21. The lowest BCUT2D eigenvalue weighted by molar-refractivity contribution is 0.131. The van der Waals surface area contributed by atoms with E-state index in [0.717, 1.165) is 65.3 Å². The van der Waals surface area contributed by atoms with E-state index in [-0.39, 0.29) is 0 Å². The second kappa shape index (κ2) is 8.55. The minimum absolute atomic E-state index is 0.898. The molecule has 1 aliphatic rings. The predicted octanol–water partition coefficient (Wildman–Crippen LogP) is 9.20. The first-order valence-electron chi connectivity index (χ1n) is 12.4. The van der Waals surface area contributed by atoms with E-state index in [4.69, 9.17) is 0 Å². The third kappa shape index (κ3) is 3.41. The van der Waals surface area contributed by atoms with Crippen molar-refractivity contribution in [1.29, 1.82) is 0 Å². The molecule has 6 aromatic carbocycles. The van der Waals surface area contributed by atoms with E-state index in [1.54, 1.807) is 0 Å². The molecule has 0 unspecified atom stereocenters. The molecule has 6 aromatic rings. The summed E-state index contributed by atoms with van der Waals surface area (Å²) >= 11 is 3.62. The van der Waals surface area contributed by atoms with Gasteiger partial charge in [-0.15, -0.1) is 0 Å². The number of benzene rings is 6. The fourth-order valence-corrected chi connectivity index (χ4v) is 6.31. The molecule has 1 nitrogen and oxygen atoms in total. The minimum atomic E-state index is -1.27. The quantitative estimate of drug-likeness (QED) is 0.238. The van der Waals surface area contributed by atoms with Crippen LogP contribution in [0.3, 0.4) is 0 Å². The standard InChI is InChI=1S/C35H23BrO/c36-27-13-8-11-25(22-27)24-10-7-12-26(21-24)34-28-14-2-1-9-23(28)19-20-33(34)35(37)31-17-5-3-15-29(31)30-16-4-6-18-32(30)35/h1-22,37H. The van der Waals surface area contributed by atoms with Crippen molar-refractivity contribution in [2.75, 3.05) is 0 Å². The molecule has 0 aliphatic heterocycles.